The Bertz CT molecular complexity index is 883. The summed E-state index contributed by atoms with van der Waals surface area (Å²) in [6.45, 7) is 12.0. The molecule has 0 amide bonds. The minimum atomic E-state index is -0.116. The topological polar surface area (TPSA) is 32.7 Å². The molecule has 4 heteroatoms. The van der Waals surface area contributed by atoms with Gasteiger partial charge in [-0.05, 0) is 93.8 Å². The van der Waals surface area contributed by atoms with E-state index in [1.54, 1.807) is 16.7 Å². The smallest absolute Gasteiger partial charge is 0.0765 e. The maximum Gasteiger partial charge on any atom is 0.0765 e. The zero-order valence-electron chi connectivity index (χ0n) is 21.9. The van der Waals surface area contributed by atoms with Gasteiger partial charge < -0.3 is 9.84 Å². The van der Waals surface area contributed by atoms with Crippen molar-refractivity contribution in [1.82, 2.24) is 4.90 Å². The molecule has 190 valence electrons. The molecule has 34 heavy (non-hydrogen) atoms. The first-order valence-corrected chi connectivity index (χ1v) is 14.8. The van der Waals surface area contributed by atoms with Crippen LogP contribution in [-0.4, -0.2) is 52.8 Å². The number of allylic oxidation sites excluding steroid dienone is 2. The van der Waals surface area contributed by atoms with Gasteiger partial charge in [0.25, 0.3) is 0 Å². The number of fused-ring (bicyclic) bond motifs is 6. The zero-order valence-corrected chi connectivity index (χ0v) is 22.6. The number of aliphatic hydroxyl groups is 1. The normalized spacial score (nSPS) is 50.9. The van der Waals surface area contributed by atoms with Crippen LogP contribution < -0.4 is 0 Å². The van der Waals surface area contributed by atoms with E-state index in [1.807, 2.05) is 0 Å². The van der Waals surface area contributed by atoms with Gasteiger partial charge in [0.1, 0.15) is 0 Å². The molecule has 10 unspecified atom stereocenters. The van der Waals surface area contributed by atoms with Gasteiger partial charge >= 0.3 is 0 Å². The highest BCUT2D eigenvalue weighted by Crippen LogP contribution is 2.63. The number of alkyl halides is 1. The average Bonchev–Trinajstić information content (AvgIpc) is 3.25. The van der Waals surface area contributed by atoms with Gasteiger partial charge in [-0.15, -0.1) is 11.6 Å². The molecule has 3 nitrogen and oxygen atoms in total. The molecule has 2 aliphatic heterocycles. The van der Waals surface area contributed by atoms with Crippen LogP contribution in [-0.2, 0) is 4.74 Å². The lowest BCUT2D eigenvalue weighted by Gasteiger charge is -2.49. The Balaban J connectivity index is 1.27. The molecular weight excluding hydrogens is 442 g/mol. The molecule has 2 heterocycles. The van der Waals surface area contributed by atoms with Crippen LogP contribution in [0.25, 0.3) is 0 Å². The Morgan fingerprint density at radius 2 is 2.03 bits per heavy atom. The third-order valence-corrected chi connectivity index (χ3v) is 11.8. The third kappa shape index (κ3) is 3.54. The fourth-order valence-corrected chi connectivity index (χ4v) is 10.2. The number of aliphatic hydroxyl groups excluding tert-OH is 1. The van der Waals surface area contributed by atoms with Gasteiger partial charge in [-0.3, -0.25) is 4.90 Å². The van der Waals surface area contributed by atoms with Gasteiger partial charge in [-0.1, -0.05) is 43.6 Å². The molecule has 0 aromatic rings. The number of likely N-dealkylation sites (tertiary alicyclic amines) is 1. The molecule has 0 aromatic carbocycles. The van der Waals surface area contributed by atoms with Crippen LogP contribution in [0.5, 0.6) is 0 Å². The molecule has 1 N–H and O–H groups in total. The van der Waals surface area contributed by atoms with E-state index in [2.05, 4.69) is 38.7 Å². The molecule has 4 fully saturated rings. The first-order chi connectivity index (χ1) is 16.3. The third-order valence-electron chi connectivity index (χ3n) is 11.6. The highest BCUT2D eigenvalue weighted by atomic mass is 35.5. The van der Waals surface area contributed by atoms with Crippen LogP contribution in [0.4, 0.5) is 0 Å². The van der Waals surface area contributed by atoms with Crippen LogP contribution in [0.1, 0.15) is 85.5 Å². The van der Waals surface area contributed by atoms with E-state index in [0.29, 0.717) is 29.4 Å². The Morgan fingerprint density at radius 1 is 1.21 bits per heavy atom. The SMILES string of the molecule is CC1=C2CC3C(CC=C4CC(O)CCC43C)C2CCC2(C1)OC1CC(C)CN(CCCl)C1C2C. The molecule has 10 atom stereocenters. The van der Waals surface area contributed by atoms with Crippen molar-refractivity contribution in [3.05, 3.63) is 22.8 Å². The van der Waals surface area contributed by atoms with E-state index >= 15 is 0 Å². The number of rotatable bonds is 2. The highest BCUT2D eigenvalue weighted by molar-refractivity contribution is 6.18. The number of ether oxygens (including phenoxy) is 1. The molecule has 6 rings (SSSR count). The molecule has 0 radical (unpaired) electrons. The second-order valence-electron chi connectivity index (χ2n) is 13.4. The van der Waals surface area contributed by atoms with Gasteiger partial charge in [0.2, 0.25) is 0 Å². The second kappa shape index (κ2) is 8.61. The molecule has 2 saturated carbocycles. The average molecular weight is 488 g/mol. The van der Waals surface area contributed by atoms with Crippen molar-refractivity contribution < 1.29 is 9.84 Å². The van der Waals surface area contributed by atoms with Crippen LogP contribution in [0.2, 0.25) is 0 Å². The summed E-state index contributed by atoms with van der Waals surface area (Å²) >= 11 is 6.24. The quantitative estimate of drug-likeness (QED) is 0.364. The van der Waals surface area contributed by atoms with E-state index in [0.717, 1.165) is 49.4 Å². The standard InChI is InChI=1S/C30H46ClNO2/c1-18-13-27-28(32(17-18)12-11-31)20(3)30(34-27)10-8-23-24-6-5-21-14-22(33)7-9-29(21,4)26(24)15-25(23)19(2)16-30/h5,18,20,22-24,26-28,33H,6-17H2,1-4H3. The van der Waals surface area contributed by atoms with Crippen molar-refractivity contribution in [3.63, 3.8) is 0 Å². The second-order valence-corrected chi connectivity index (χ2v) is 13.8. The summed E-state index contributed by atoms with van der Waals surface area (Å²) in [4.78, 5) is 2.67. The van der Waals surface area contributed by atoms with Gasteiger partial charge in [0, 0.05) is 30.9 Å². The van der Waals surface area contributed by atoms with E-state index in [-0.39, 0.29) is 11.7 Å². The van der Waals surface area contributed by atoms with Crippen LogP contribution in [0.15, 0.2) is 22.8 Å². The fourth-order valence-electron chi connectivity index (χ4n) is 9.95. The summed E-state index contributed by atoms with van der Waals surface area (Å²) in [7, 11) is 0. The number of halogens is 1. The molecule has 4 aliphatic carbocycles. The van der Waals surface area contributed by atoms with Crippen molar-refractivity contribution in [2.75, 3.05) is 19.0 Å². The Hall–Kier alpha value is -0.350. The minimum absolute atomic E-state index is 0.00932. The van der Waals surface area contributed by atoms with Gasteiger partial charge in [-0.25, -0.2) is 0 Å². The van der Waals surface area contributed by atoms with Crippen LogP contribution >= 0.6 is 11.6 Å². The van der Waals surface area contributed by atoms with Crippen molar-refractivity contribution in [1.29, 1.82) is 0 Å². The van der Waals surface area contributed by atoms with Crippen molar-refractivity contribution in [2.45, 2.75) is 109 Å². The Labute approximate surface area is 212 Å². The van der Waals surface area contributed by atoms with Gasteiger partial charge in [0.05, 0.1) is 17.8 Å². The molecule has 1 spiro atoms. The molecule has 2 saturated heterocycles. The molecule has 6 aliphatic rings. The molecule has 0 bridgehead atoms. The Kier molecular flexibility index (Phi) is 6.08. The lowest BCUT2D eigenvalue weighted by Crippen LogP contribution is -2.52. The number of piperidine rings is 1. The summed E-state index contributed by atoms with van der Waals surface area (Å²) in [5, 5.41) is 10.3. The molecular formula is C30H46ClNO2. The summed E-state index contributed by atoms with van der Waals surface area (Å²) in [5.41, 5.74) is 5.34. The van der Waals surface area contributed by atoms with Crippen molar-refractivity contribution in [2.24, 2.45) is 35.0 Å². The van der Waals surface area contributed by atoms with Gasteiger partial charge in [-0.2, -0.15) is 0 Å². The number of hydrogen-bond donors (Lipinski definition) is 1. The van der Waals surface area contributed by atoms with Crippen LogP contribution in [0, 0.1) is 35.0 Å². The predicted octanol–water partition coefficient (Wildman–Crippen LogP) is 6.34. The largest absolute Gasteiger partial charge is 0.393 e. The Morgan fingerprint density at radius 3 is 2.82 bits per heavy atom. The zero-order chi connectivity index (χ0) is 23.8. The highest BCUT2D eigenvalue weighted by Gasteiger charge is 2.59. The monoisotopic (exact) mass is 487 g/mol. The fraction of sp³-hybridized carbons (Fsp3) is 0.867. The number of hydrogen-bond acceptors (Lipinski definition) is 3. The lowest BCUT2D eigenvalue weighted by molar-refractivity contribution is -0.0789. The van der Waals surface area contributed by atoms with Crippen LogP contribution in [0.3, 0.4) is 0 Å². The maximum atomic E-state index is 10.3. The number of nitrogens with zero attached hydrogens (tertiary/aromatic N) is 1. The van der Waals surface area contributed by atoms with Crippen molar-refractivity contribution >= 4 is 11.6 Å². The summed E-state index contributed by atoms with van der Waals surface area (Å²) in [6, 6.07) is 0.534. The predicted molar refractivity (Wildman–Crippen MR) is 139 cm³/mol. The first kappa shape index (κ1) is 24.0. The van der Waals surface area contributed by atoms with E-state index in [4.69, 9.17) is 16.3 Å². The van der Waals surface area contributed by atoms with Crippen molar-refractivity contribution in [3.8, 4) is 0 Å². The first-order valence-electron chi connectivity index (χ1n) is 14.3. The summed E-state index contributed by atoms with van der Waals surface area (Å²) in [5.74, 6) is 4.27. The van der Waals surface area contributed by atoms with Gasteiger partial charge in [0.15, 0.2) is 0 Å². The molecule has 0 aromatic heterocycles. The summed E-state index contributed by atoms with van der Waals surface area (Å²) in [6.07, 6.45) is 13.2. The van der Waals surface area contributed by atoms with E-state index < -0.39 is 0 Å². The lowest BCUT2D eigenvalue weighted by atomic mass is 9.56. The minimum Gasteiger partial charge on any atom is -0.393 e. The summed E-state index contributed by atoms with van der Waals surface area (Å²) < 4.78 is 7.16. The maximum absolute atomic E-state index is 10.3. The van der Waals surface area contributed by atoms with E-state index in [1.165, 1.54) is 45.1 Å². The van der Waals surface area contributed by atoms with E-state index in [9.17, 15) is 5.11 Å².